The molecule has 30 heavy (non-hydrogen) atoms. The van der Waals surface area contributed by atoms with E-state index >= 15 is 0 Å². The van der Waals surface area contributed by atoms with Crippen molar-refractivity contribution < 1.29 is 8.42 Å². The lowest BCUT2D eigenvalue weighted by Gasteiger charge is -2.38. The van der Waals surface area contributed by atoms with E-state index in [4.69, 9.17) is 11.6 Å². The summed E-state index contributed by atoms with van der Waals surface area (Å²) in [6.45, 7) is 6.15. The van der Waals surface area contributed by atoms with Crippen molar-refractivity contribution in [3.8, 4) is 0 Å². The van der Waals surface area contributed by atoms with E-state index in [0.717, 1.165) is 42.7 Å². The third-order valence-corrected chi connectivity index (χ3v) is 6.92. The first kappa shape index (κ1) is 22.4. The van der Waals surface area contributed by atoms with Gasteiger partial charge in [0.1, 0.15) is 0 Å². The molecule has 2 aromatic rings. The second-order valence-corrected chi connectivity index (χ2v) is 9.48. The zero-order chi connectivity index (χ0) is 21.7. The first-order valence-electron chi connectivity index (χ1n) is 9.83. The summed E-state index contributed by atoms with van der Waals surface area (Å²) in [4.78, 5) is 9.25. The number of benzene rings is 2. The minimum atomic E-state index is -3.42. The first-order valence-corrected chi connectivity index (χ1v) is 11.7. The second kappa shape index (κ2) is 9.68. The summed E-state index contributed by atoms with van der Waals surface area (Å²) in [5, 5.41) is 4.13. The number of rotatable bonds is 5. The van der Waals surface area contributed by atoms with Crippen LogP contribution in [0.3, 0.4) is 0 Å². The Kier molecular flexibility index (Phi) is 7.23. The minimum Gasteiger partial charge on any atom is -0.368 e. The largest absolute Gasteiger partial charge is 0.368 e. The molecule has 1 saturated heterocycles. The predicted molar refractivity (Wildman–Crippen MR) is 123 cm³/mol. The van der Waals surface area contributed by atoms with Gasteiger partial charge in [-0.2, -0.15) is 0 Å². The van der Waals surface area contributed by atoms with Crippen LogP contribution in [0.15, 0.2) is 52.4 Å². The highest BCUT2D eigenvalue weighted by molar-refractivity contribution is 7.89. The number of hydrogen-bond donors (Lipinski definition) is 2. The van der Waals surface area contributed by atoms with Gasteiger partial charge in [0.05, 0.1) is 4.90 Å². The van der Waals surface area contributed by atoms with E-state index < -0.39 is 10.0 Å². The van der Waals surface area contributed by atoms with Gasteiger partial charge >= 0.3 is 0 Å². The Morgan fingerprint density at radius 1 is 1.10 bits per heavy atom. The van der Waals surface area contributed by atoms with Gasteiger partial charge in [-0.25, -0.2) is 13.1 Å². The van der Waals surface area contributed by atoms with Gasteiger partial charge in [-0.15, -0.1) is 0 Å². The van der Waals surface area contributed by atoms with Crippen molar-refractivity contribution in [1.82, 2.24) is 14.9 Å². The molecule has 3 rings (SSSR count). The number of halogens is 1. The number of piperazine rings is 1. The number of sulfonamides is 1. The van der Waals surface area contributed by atoms with Gasteiger partial charge in [0.2, 0.25) is 10.0 Å². The zero-order valence-electron chi connectivity index (χ0n) is 17.5. The third kappa shape index (κ3) is 5.24. The summed E-state index contributed by atoms with van der Waals surface area (Å²) >= 11 is 6.18. The van der Waals surface area contributed by atoms with Crippen LogP contribution in [0.5, 0.6) is 0 Å². The van der Waals surface area contributed by atoms with Crippen LogP contribution in [0, 0.1) is 6.92 Å². The number of aliphatic imine (C=N–C) groups is 1. The molecule has 2 aromatic carbocycles. The number of hydrogen-bond acceptors (Lipinski definition) is 4. The summed E-state index contributed by atoms with van der Waals surface area (Å²) in [5.41, 5.74) is 3.39. The third-order valence-electron chi connectivity index (χ3n) is 5.26. The molecule has 0 unspecified atom stereocenters. The molecule has 0 amide bonds. The molecule has 0 atom stereocenters. The fraction of sp³-hybridized carbons (Fsp3) is 0.381. The number of nitrogens with zero attached hydrogens (tertiary/aromatic N) is 3. The van der Waals surface area contributed by atoms with E-state index in [1.54, 1.807) is 19.2 Å². The van der Waals surface area contributed by atoms with Gasteiger partial charge in [-0.1, -0.05) is 29.8 Å². The maximum absolute atomic E-state index is 11.8. The lowest BCUT2D eigenvalue weighted by molar-refractivity contribution is 0.372. The second-order valence-electron chi connectivity index (χ2n) is 7.16. The van der Waals surface area contributed by atoms with Crippen LogP contribution in [-0.4, -0.2) is 59.6 Å². The molecule has 1 heterocycles. The molecular formula is C21H28ClN5O2S. The maximum Gasteiger partial charge on any atom is 0.240 e. The maximum atomic E-state index is 11.8. The highest BCUT2D eigenvalue weighted by atomic mass is 35.5. The van der Waals surface area contributed by atoms with E-state index in [1.807, 2.05) is 24.3 Å². The minimum absolute atomic E-state index is 0.255. The Hall–Kier alpha value is -2.29. The predicted octanol–water partition coefficient (Wildman–Crippen LogP) is 2.45. The number of nitrogens with one attached hydrogen (secondary N) is 2. The molecule has 7 nitrogen and oxygen atoms in total. The molecule has 0 aliphatic carbocycles. The van der Waals surface area contributed by atoms with Crippen molar-refractivity contribution in [2.24, 2.45) is 4.99 Å². The van der Waals surface area contributed by atoms with E-state index in [0.29, 0.717) is 6.54 Å². The van der Waals surface area contributed by atoms with Crippen molar-refractivity contribution in [2.45, 2.75) is 18.4 Å². The molecule has 9 heteroatoms. The molecule has 1 aliphatic rings. The number of anilines is 1. The molecule has 1 aliphatic heterocycles. The van der Waals surface area contributed by atoms with Crippen LogP contribution in [0.4, 0.5) is 5.69 Å². The summed E-state index contributed by atoms with van der Waals surface area (Å²) in [5.74, 6) is 0.837. The van der Waals surface area contributed by atoms with Crippen LogP contribution in [-0.2, 0) is 16.6 Å². The molecule has 1 fully saturated rings. The van der Waals surface area contributed by atoms with E-state index in [-0.39, 0.29) is 4.90 Å². The first-order chi connectivity index (χ1) is 14.3. The Morgan fingerprint density at radius 3 is 2.37 bits per heavy atom. The molecule has 162 valence electrons. The fourth-order valence-corrected chi connectivity index (χ4v) is 4.40. The van der Waals surface area contributed by atoms with E-state index in [9.17, 15) is 8.42 Å². The van der Waals surface area contributed by atoms with Gasteiger partial charge in [0.25, 0.3) is 0 Å². The average molecular weight is 450 g/mol. The van der Waals surface area contributed by atoms with Crippen LogP contribution >= 0.6 is 11.6 Å². The smallest absolute Gasteiger partial charge is 0.240 e. The Balaban J connectivity index is 1.57. The Morgan fingerprint density at radius 2 is 1.77 bits per heavy atom. The number of aryl methyl sites for hydroxylation is 1. The summed E-state index contributed by atoms with van der Waals surface area (Å²) in [6.07, 6.45) is 0. The summed E-state index contributed by atoms with van der Waals surface area (Å²) in [7, 11) is -0.236. The van der Waals surface area contributed by atoms with Gasteiger partial charge in [-0.05, 0) is 49.4 Å². The van der Waals surface area contributed by atoms with E-state index in [2.05, 4.69) is 37.8 Å². The van der Waals surface area contributed by atoms with Crippen molar-refractivity contribution >= 4 is 33.3 Å². The van der Waals surface area contributed by atoms with Gasteiger partial charge in [0, 0.05) is 50.5 Å². The van der Waals surface area contributed by atoms with Crippen LogP contribution in [0.25, 0.3) is 0 Å². The molecular weight excluding hydrogens is 422 g/mol. The van der Waals surface area contributed by atoms with Crippen LogP contribution in [0.1, 0.15) is 11.1 Å². The molecule has 0 aromatic heterocycles. The summed E-state index contributed by atoms with van der Waals surface area (Å²) < 4.78 is 26.0. The van der Waals surface area contributed by atoms with Crippen molar-refractivity contribution in [2.75, 3.05) is 45.2 Å². The fourth-order valence-electron chi connectivity index (χ4n) is 3.50. The Labute approximate surface area is 183 Å². The van der Waals surface area contributed by atoms with Gasteiger partial charge in [-0.3, -0.25) is 4.99 Å². The lowest BCUT2D eigenvalue weighted by atomic mass is 10.1. The van der Waals surface area contributed by atoms with Gasteiger partial charge < -0.3 is 15.1 Å². The molecule has 0 bridgehead atoms. The molecule has 2 N–H and O–H groups in total. The van der Waals surface area contributed by atoms with Gasteiger partial charge in [0.15, 0.2) is 5.96 Å². The standard InChI is InChI=1S/C21H28ClN5O2S/c1-16-4-7-18(22)14-20(16)26-10-12-27(13-11-26)21(23-2)25-15-17-5-8-19(9-6-17)30(28,29)24-3/h4-9,14,24H,10-13,15H2,1-3H3,(H,23,25). The highest BCUT2D eigenvalue weighted by Crippen LogP contribution is 2.25. The van der Waals surface area contributed by atoms with Crippen molar-refractivity contribution in [1.29, 1.82) is 0 Å². The van der Waals surface area contributed by atoms with Crippen molar-refractivity contribution in [3.63, 3.8) is 0 Å². The monoisotopic (exact) mass is 449 g/mol. The lowest BCUT2D eigenvalue weighted by Crippen LogP contribution is -2.52. The Bertz CT molecular complexity index is 1000. The molecule has 0 saturated carbocycles. The topological polar surface area (TPSA) is 77.0 Å². The van der Waals surface area contributed by atoms with Crippen LogP contribution in [0.2, 0.25) is 5.02 Å². The summed E-state index contributed by atoms with van der Waals surface area (Å²) in [6, 6.07) is 12.8. The molecule has 0 spiro atoms. The van der Waals surface area contributed by atoms with Crippen molar-refractivity contribution in [3.05, 3.63) is 58.6 Å². The zero-order valence-corrected chi connectivity index (χ0v) is 19.1. The molecule has 0 radical (unpaired) electrons. The highest BCUT2D eigenvalue weighted by Gasteiger charge is 2.21. The average Bonchev–Trinajstić information content (AvgIpc) is 2.76. The SMILES string of the molecule is CN=C(NCc1ccc(S(=O)(=O)NC)cc1)N1CCN(c2cc(Cl)ccc2C)CC1. The normalized spacial score (nSPS) is 15.4. The number of guanidine groups is 1. The van der Waals surface area contributed by atoms with Crippen LogP contribution < -0.4 is 14.9 Å². The quantitative estimate of drug-likeness (QED) is 0.541. The van der Waals surface area contributed by atoms with E-state index in [1.165, 1.54) is 18.3 Å².